The molecule has 1 saturated heterocycles. The molecule has 36 heavy (non-hydrogen) atoms. The fourth-order valence-electron chi connectivity index (χ4n) is 3.57. The Morgan fingerprint density at radius 2 is 1.81 bits per heavy atom. The molecule has 0 bridgehead atoms. The van der Waals surface area contributed by atoms with Gasteiger partial charge in [0, 0.05) is 24.3 Å². The van der Waals surface area contributed by atoms with Gasteiger partial charge in [-0.05, 0) is 39.8 Å². The monoisotopic (exact) mass is 494 g/mol. The van der Waals surface area contributed by atoms with Gasteiger partial charge in [-0.25, -0.2) is 14.8 Å². The van der Waals surface area contributed by atoms with Crippen LogP contribution in [-0.2, 0) is 14.3 Å². The Morgan fingerprint density at radius 3 is 2.47 bits per heavy atom. The van der Waals surface area contributed by atoms with Gasteiger partial charge < -0.3 is 30.7 Å². The zero-order valence-electron chi connectivity index (χ0n) is 20.7. The van der Waals surface area contributed by atoms with Gasteiger partial charge in [0.15, 0.2) is 17.0 Å². The second-order valence-corrected chi connectivity index (χ2v) is 9.37. The van der Waals surface area contributed by atoms with Crippen molar-refractivity contribution in [2.45, 2.75) is 39.3 Å². The van der Waals surface area contributed by atoms with Crippen LogP contribution in [0.3, 0.4) is 0 Å². The van der Waals surface area contributed by atoms with Gasteiger partial charge in [0.1, 0.15) is 11.6 Å². The third-order valence-corrected chi connectivity index (χ3v) is 5.29. The number of morpholine rings is 1. The second kappa shape index (κ2) is 10.3. The Balaban J connectivity index is 1.48. The summed E-state index contributed by atoms with van der Waals surface area (Å²) in [5.74, 6) is 0.399. The first-order chi connectivity index (χ1) is 17.1. The van der Waals surface area contributed by atoms with Gasteiger partial charge >= 0.3 is 6.09 Å². The van der Waals surface area contributed by atoms with Gasteiger partial charge in [0.25, 0.3) is 0 Å². The third kappa shape index (κ3) is 6.13. The van der Waals surface area contributed by atoms with Crippen LogP contribution in [0.25, 0.3) is 22.4 Å². The van der Waals surface area contributed by atoms with E-state index in [1.807, 2.05) is 12.1 Å². The van der Waals surface area contributed by atoms with Crippen LogP contribution in [0.4, 0.5) is 22.2 Å². The Bertz CT molecular complexity index is 1250. The van der Waals surface area contributed by atoms with Crippen LogP contribution in [-0.4, -0.2) is 69.9 Å². The number of nitrogen functional groups attached to an aromatic ring is 1. The molecule has 4 rings (SSSR count). The van der Waals surface area contributed by atoms with Gasteiger partial charge in [-0.1, -0.05) is 12.1 Å². The number of anilines is 3. The van der Waals surface area contributed by atoms with Crippen molar-refractivity contribution < 1.29 is 19.1 Å². The summed E-state index contributed by atoms with van der Waals surface area (Å²) in [6.07, 6.45) is 0.968. The lowest BCUT2D eigenvalue weighted by molar-refractivity contribution is -0.117. The Labute approximate surface area is 208 Å². The van der Waals surface area contributed by atoms with E-state index in [1.54, 1.807) is 46.0 Å². The number of amides is 2. The molecule has 3 heterocycles. The van der Waals surface area contributed by atoms with Crippen LogP contribution in [0, 0.1) is 0 Å². The van der Waals surface area contributed by atoms with Crippen molar-refractivity contribution >= 4 is 40.6 Å². The molecule has 190 valence electrons. The maximum absolute atomic E-state index is 12.5. The summed E-state index contributed by atoms with van der Waals surface area (Å²) in [5.41, 5.74) is 8.22. The number of rotatable bonds is 5. The molecule has 2 amide bonds. The van der Waals surface area contributed by atoms with E-state index in [-0.39, 0.29) is 11.9 Å². The molecule has 0 saturated carbocycles. The number of nitrogens with two attached hydrogens (primary N) is 1. The average molecular weight is 495 g/mol. The summed E-state index contributed by atoms with van der Waals surface area (Å²) in [6.45, 7) is 9.38. The van der Waals surface area contributed by atoms with Crippen LogP contribution < -0.4 is 21.3 Å². The summed E-state index contributed by atoms with van der Waals surface area (Å²) in [5, 5.41) is 5.30. The lowest BCUT2D eigenvalue weighted by Gasteiger charge is -2.28. The molecule has 0 spiro atoms. The van der Waals surface area contributed by atoms with Crippen LogP contribution in [0.15, 0.2) is 30.5 Å². The van der Waals surface area contributed by atoms with Crippen LogP contribution >= 0.6 is 0 Å². The highest BCUT2D eigenvalue weighted by Gasteiger charge is 2.22. The molecule has 1 aromatic carbocycles. The molecule has 4 N–H and O–H groups in total. The van der Waals surface area contributed by atoms with E-state index in [1.165, 1.54) is 0 Å². The van der Waals surface area contributed by atoms with Crippen molar-refractivity contribution in [3.63, 3.8) is 0 Å². The molecule has 2 aromatic heterocycles. The summed E-state index contributed by atoms with van der Waals surface area (Å²) in [4.78, 5) is 44.3. The highest BCUT2D eigenvalue weighted by molar-refractivity contribution is 5.96. The minimum atomic E-state index is -0.781. The zero-order valence-corrected chi connectivity index (χ0v) is 20.7. The number of nitrogens with zero attached hydrogens (tertiary/aromatic N) is 5. The minimum absolute atomic E-state index is 0.140. The highest BCUT2D eigenvalue weighted by Crippen LogP contribution is 2.26. The van der Waals surface area contributed by atoms with Crippen molar-refractivity contribution in [1.82, 2.24) is 25.3 Å². The van der Waals surface area contributed by atoms with E-state index in [2.05, 4.69) is 30.5 Å². The first kappa shape index (κ1) is 25.0. The standard InChI is InChI=1S/C24H30N8O4/c1-14(27-23(34)36-24(2,3)4)21(33)28-16-7-5-15(6-8-16)17-13-26-19-18(29-17)20(31-22(25)30-19)32-9-11-35-12-10-32/h5-8,13-14H,9-12H2,1-4H3,(H,27,34)(H,28,33)(H2,25,26,30,31). The van der Waals surface area contributed by atoms with Crippen molar-refractivity contribution in [2.24, 2.45) is 0 Å². The van der Waals surface area contributed by atoms with Crippen LogP contribution in [0.5, 0.6) is 0 Å². The molecule has 3 aromatic rings. The molecular formula is C24H30N8O4. The number of hydrogen-bond acceptors (Lipinski definition) is 10. The molecule has 1 fully saturated rings. The predicted octanol–water partition coefficient (Wildman–Crippen LogP) is 2.36. The van der Waals surface area contributed by atoms with Crippen LogP contribution in [0.2, 0.25) is 0 Å². The number of fused-ring (bicyclic) bond motifs is 1. The molecule has 12 heteroatoms. The number of aromatic nitrogens is 4. The van der Waals surface area contributed by atoms with E-state index < -0.39 is 17.7 Å². The molecule has 0 aliphatic carbocycles. The minimum Gasteiger partial charge on any atom is -0.444 e. The smallest absolute Gasteiger partial charge is 0.408 e. The molecule has 0 radical (unpaired) electrons. The Hall–Kier alpha value is -4.06. The fourth-order valence-corrected chi connectivity index (χ4v) is 3.57. The van der Waals surface area contributed by atoms with Crippen molar-refractivity contribution in [1.29, 1.82) is 0 Å². The lowest BCUT2D eigenvalue weighted by Crippen LogP contribution is -2.43. The number of carbonyl (C=O) groups excluding carboxylic acids is 2. The van der Waals surface area contributed by atoms with E-state index >= 15 is 0 Å². The largest absolute Gasteiger partial charge is 0.444 e. The fraction of sp³-hybridized carbons (Fsp3) is 0.417. The number of nitrogens with one attached hydrogen (secondary N) is 2. The molecule has 1 atom stereocenters. The lowest BCUT2D eigenvalue weighted by atomic mass is 10.1. The third-order valence-electron chi connectivity index (χ3n) is 5.29. The number of alkyl carbamates (subject to hydrolysis) is 1. The topological polar surface area (TPSA) is 157 Å². The van der Waals surface area contributed by atoms with Crippen molar-refractivity contribution in [2.75, 3.05) is 42.3 Å². The predicted molar refractivity (Wildman–Crippen MR) is 135 cm³/mol. The number of carbonyl (C=O) groups is 2. The number of ether oxygens (including phenoxy) is 2. The summed E-state index contributed by atoms with van der Waals surface area (Å²) in [7, 11) is 0. The van der Waals surface area contributed by atoms with Gasteiger partial charge in [-0.3, -0.25) is 4.79 Å². The van der Waals surface area contributed by atoms with E-state index in [4.69, 9.17) is 20.2 Å². The quantitative estimate of drug-likeness (QED) is 0.481. The number of hydrogen-bond donors (Lipinski definition) is 3. The van der Waals surface area contributed by atoms with Gasteiger partial charge in [0.2, 0.25) is 11.9 Å². The maximum Gasteiger partial charge on any atom is 0.408 e. The highest BCUT2D eigenvalue weighted by atomic mass is 16.6. The first-order valence-electron chi connectivity index (χ1n) is 11.6. The molecule has 1 aliphatic heterocycles. The molecule has 12 nitrogen and oxygen atoms in total. The normalized spacial score (nSPS) is 14.8. The van der Waals surface area contributed by atoms with Gasteiger partial charge in [-0.2, -0.15) is 9.97 Å². The molecular weight excluding hydrogens is 464 g/mol. The van der Waals surface area contributed by atoms with E-state index in [0.717, 1.165) is 5.56 Å². The van der Waals surface area contributed by atoms with Crippen molar-refractivity contribution in [3.8, 4) is 11.3 Å². The second-order valence-electron chi connectivity index (χ2n) is 9.37. The number of benzene rings is 1. The summed E-state index contributed by atoms with van der Waals surface area (Å²) >= 11 is 0. The first-order valence-corrected chi connectivity index (χ1v) is 11.6. The average Bonchev–Trinajstić information content (AvgIpc) is 2.83. The summed E-state index contributed by atoms with van der Waals surface area (Å²) < 4.78 is 10.6. The summed E-state index contributed by atoms with van der Waals surface area (Å²) in [6, 6.07) is 6.37. The Morgan fingerprint density at radius 1 is 1.11 bits per heavy atom. The maximum atomic E-state index is 12.5. The van der Waals surface area contributed by atoms with E-state index in [9.17, 15) is 9.59 Å². The van der Waals surface area contributed by atoms with Gasteiger partial charge in [-0.15, -0.1) is 0 Å². The zero-order chi connectivity index (χ0) is 25.9. The SMILES string of the molecule is CC(NC(=O)OC(C)(C)C)C(=O)Nc1ccc(-c2cnc3nc(N)nc(N4CCOCC4)c3n2)cc1. The Kier molecular flexibility index (Phi) is 7.15. The van der Waals surface area contributed by atoms with Gasteiger partial charge in [0.05, 0.1) is 25.1 Å². The van der Waals surface area contributed by atoms with Crippen LogP contribution in [0.1, 0.15) is 27.7 Å². The molecule has 1 unspecified atom stereocenters. The van der Waals surface area contributed by atoms with E-state index in [0.29, 0.717) is 54.7 Å². The molecule has 1 aliphatic rings. The van der Waals surface area contributed by atoms with Crippen molar-refractivity contribution in [3.05, 3.63) is 30.5 Å².